The molecule has 5 nitrogen and oxygen atoms in total. The Hall–Kier alpha value is -3.17. The van der Waals surface area contributed by atoms with Crippen molar-refractivity contribution in [3.05, 3.63) is 58.8 Å². The molecule has 1 amide bonds. The minimum atomic E-state index is -4.58. The second kappa shape index (κ2) is 9.32. The minimum absolute atomic E-state index is 0.151. The van der Waals surface area contributed by atoms with Crippen LogP contribution in [-0.4, -0.2) is 24.0 Å². The van der Waals surface area contributed by atoms with Crippen molar-refractivity contribution in [3.63, 3.8) is 0 Å². The van der Waals surface area contributed by atoms with E-state index < -0.39 is 35.1 Å². The van der Waals surface area contributed by atoms with E-state index in [1.54, 1.807) is 4.90 Å². The van der Waals surface area contributed by atoms with Crippen LogP contribution in [0.4, 0.5) is 33.5 Å². The molecule has 1 aromatic carbocycles. The average molecular weight is 440 g/mol. The molecule has 0 bridgehead atoms. The number of alkyl halides is 3. The van der Waals surface area contributed by atoms with E-state index in [1.165, 1.54) is 12.1 Å². The van der Waals surface area contributed by atoms with Gasteiger partial charge in [0.15, 0.2) is 0 Å². The maximum atomic E-state index is 13.5. The highest BCUT2D eigenvalue weighted by atomic mass is 19.4. The van der Waals surface area contributed by atoms with Gasteiger partial charge in [-0.25, -0.2) is 13.8 Å². The zero-order chi connectivity index (χ0) is 22.6. The highest BCUT2D eigenvalue weighted by Crippen LogP contribution is 2.32. The van der Waals surface area contributed by atoms with Gasteiger partial charge < -0.3 is 16.0 Å². The van der Waals surface area contributed by atoms with Crippen LogP contribution in [0.2, 0.25) is 0 Å². The molecule has 1 aromatic heterocycles. The number of hydrogen-bond donors (Lipinski definition) is 2. The number of piperidine rings is 1. The predicted octanol–water partition coefficient (Wildman–Crippen LogP) is 4.28. The van der Waals surface area contributed by atoms with E-state index in [1.807, 2.05) is 0 Å². The monoisotopic (exact) mass is 440 g/mol. The maximum Gasteiger partial charge on any atom is 0.433 e. The zero-order valence-electron chi connectivity index (χ0n) is 16.5. The lowest BCUT2D eigenvalue weighted by molar-refractivity contribution is -0.141. The van der Waals surface area contributed by atoms with Crippen molar-refractivity contribution in [1.82, 2.24) is 10.3 Å². The van der Waals surface area contributed by atoms with E-state index in [2.05, 4.69) is 10.3 Å². The number of pyridine rings is 1. The van der Waals surface area contributed by atoms with Gasteiger partial charge in [0.1, 0.15) is 28.8 Å². The maximum absolute atomic E-state index is 13.5. The molecule has 0 unspecified atom stereocenters. The van der Waals surface area contributed by atoms with Gasteiger partial charge >= 0.3 is 6.18 Å². The van der Waals surface area contributed by atoms with E-state index in [0.29, 0.717) is 18.7 Å². The first-order valence-electron chi connectivity index (χ1n) is 9.67. The number of amides is 1. The molecule has 1 saturated heterocycles. The van der Waals surface area contributed by atoms with Crippen molar-refractivity contribution in [3.8, 4) is 0 Å². The minimum Gasteiger partial charge on any atom is -0.394 e. The van der Waals surface area contributed by atoms with Crippen LogP contribution in [0.3, 0.4) is 0 Å². The lowest BCUT2D eigenvalue weighted by Crippen LogP contribution is -2.31. The first kappa shape index (κ1) is 22.5. The zero-order valence-corrected chi connectivity index (χ0v) is 16.5. The first-order valence-corrected chi connectivity index (χ1v) is 9.67. The van der Waals surface area contributed by atoms with Gasteiger partial charge in [0.05, 0.1) is 0 Å². The van der Waals surface area contributed by atoms with Crippen molar-refractivity contribution in [2.45, 2.75) is 32.0 Å². The number of carbonyl (C=O) groups is 1. The fourth-order valence-electron chi connectivity index (χ4n) is 3.26. The number of nitrogen functional groups attached to an aromatic ring is 1. The quantitative estimate of drug-likeness (QED) is 0.414. The van der Waals surface area contributed by atoms with E-state index in [0.717, 1.165) is 43.5 Å². The number of carbonyl (C=O) groups excluding carboxylic acids is 1. The third kappa shape index (κ3) is 5.71. The molecule has 0 atom stereocenters. The number of aromatic nitrogens is 1. The SMILES string of the molecule is Nc1c(F)cc(CNC(=O)/C=C/c2ccc(C(F)(F)F)nc2N2CCCCC2)cc1F. The molecule has 166 valence electrons. The Morgan fingerprint density at radius 2 is 1.77 bits per heavy atom. The second-order valence-electron chi connectivity index (χ2n) is 7.18. The summed E-state index contributed by atoms with van der Waals surface area (Å²) >= 11 is 0. The molecule has 2 aromatic rings. The number of benzene rings is 1. The number of halogens is 5. The van der Waals surface area contributed by atoms with Crippen LogP contribution in [-0.2, 0) is 17.5 Å². The number of nitrogens with one attached hydrogen (secondary N) is 1. The van der Waals surface area contributed by atoms with Gasteiger partial charge in [0.25, 0.3) is 0 Å². The summed E-state index contributed by atoms with van der Waals surface area (Å²) in [6, 6.07) is 4.16. The lowest BCUT2D eigenvalue weighted by Gasteiger charge is -2.29. The van der Waals surface area contributed by atoms with Crippen molar-refractivity contribution in [2.75, 3.05) is 23.7 Å². The van der Waals surface area contributed by atoms with Gasteiger partial charge in [-0.05, 0) is 55.2 Å². The van der Waals surface area contributed by atoms with Crippen LogP contribution in [0.1, 0.15) is 36.1 Å². The third-order valence-electron chi connectivity index (χ3n) is 4.87. The fraction of sp³-hybridized carbons (Fsp3) is 0.333. The normalized spacial score (nSPS) is 14.8. The molecule has 0 saturated carbocycles. The summed E-state index contributed by atoms with van der Waals surface area (Å²) < 4.78 is 66.3. The molecule has 1 fully saturated rings. The van der Waals surface area contributed by atoms with Crippen LogP contribution in [0.15, 0.2) is 30.3 Å². The summed E-state index contributed by atoms with van der Waals surface area (Å²) in [6.45, 7) is 1.01. The summed E-state index contributed by atoms with van der Waals surface area (Å²) in [5.41, 5.74) is 4.15. The van der Waals surface area contributed by atoms with Gasteiger partial charge in [-0.2, -0.15) is 13.2 Å². The van der Waals surface area contributed by atoms with Crippen molar-refractivity contribution in [1.29, 1.82) is 0 Å². The van der Waals surface area contributed by atoms with Crippen molar-refractivity contribution < 1.29 is 26.7 Å². The average Bonchev–Trinajstić information content (AvgIpc) is 2.74. The Kier molecular flexibility index (Phi) is 6.77. The summed E-state index contributed by atoms with van der Waals surface area (Å²) in [6.07, 6.45) is 0.619. The van der Waals surface area contributed by atoms with Crippen molar-refractivity contribution in [2.24, 2.45) is 0 Å². The van der Waals surface area contributed by atoms with Crippen LogP contribution >= 0.6 is 0 Å². The summed E-state index contributed by atoms with van der Waals surface area (Å²) in [4.78, 5) is 17.7. The topological polar surface area (TPSA) is 71.2 Å². The number of hydrogen-bond acceptors (Lipinski definition) is 4. The Morgan fingerprint density at radius 3 is 2.39 bits per heavy atom. The number of rotatable bonds is 5. The van der Waals surface area contributed by atoms with Gasteiger partial charge in [-0.15, -0.1) is 0 Å². The summed E-state index contributed by atoms with van der Waals surface area (Å²) in [7, 11) is 0. The van der Waals surface area contributed by atoms with Gasteiger partial charge in [0, 0.05) is 31.3 Å². The number of nitrogens with zero attached hydrogens (tertiary/aromatic N) is 2. The van der Waals surface area contributed by atoms with Crippen LogP contribution in [0, 0.1) is 11.6 Å². The molecule has 10 heteroatoms. The van der Waals surface area contributed by atoms with E-state index in [9.17, 15) is 26.7 Å². The number of anilines is 2. The van der Waals surface area contributed by atoms with E-state index in [4.69, 9.17) is 5.73 Å². The molecule has 2 heterocycles. The largest absolute Gasteiger partial charge is 0.433 e. The molecule has 1 aliphatic rings. The van der Waals surface area contributed by atoms with Crippen LogP contribution in [0.5, 0.6) is 0 Å². The third-order valence-corrected chi connectivity index (χ3v) is 4.87. The smallest absolute Gasteiger partial charge is 0.394 e. The molecule has 3 rings (SSSR count). The second-order valence-corrected chi connectivity index (χ2v) is 7.18. The van der Waals surface area contributed by atoms with Gasteiger partial charge in [0.2, 0.25) is 5.91 Å². The molecule has 1 aliphatic heterocycles. The van der Waals surface area contributed by atoms with E-state index >= 15 is 0 Å². The molecule has 0 aliphatic carbocycles. The van der Waals surface area contributed by atoms with Gasteiger partial charge in [-0.3, -0.25) is 4.79 Å². The molecular formula is C21H21F5N4O. The van der Waals surface area contributed by atoms with Crippen molar-refractivity contribution >= 4 is 23.5 Å². The van der Waals surface area contributed by atoms with E-state index in [-0.39, 0.29) is 17.9 Å². The van der Waals surface area contributed by atoms with Crippen LogP contribution in [0.25, 0.3) is 6.08 Å². The lowest BCUT2D eigenvalue weighted by atomic mass is 10.1. The van der Waals surface area contributed by atoms with Gasteiger partial charge in [-0.1, -0.05) is 0 Å². The Bertz CT molecular complexity index is 961. The molecular weight excluding hydrogens is 419 g/mol. The summed E-state index contributed by atoms with van der Waals surface area (Å²) in [5, 5.41) is 2.46. The standard InChI is InChI=1S/C21H21F5N4O/c22-15-10-13(11-16(23)19(15)27)12-28-18(31)7-5-14-4-6-17(21(24,25)26)29-20(14)30-8-2-1-3-9-30/h4-7,10-11H,1-3,8-9,12,27H2,(H,28,31)/b7-5+. The first-order chi connectivity index (χ1) is 14.6. The molecule has 3 N–H and O–H groups in total. The molecule has 31 heavy (non-hydrogen) atoms. The fourth-order valence-corrected chi connectivity index (χ4v) is 3.26. The highest BCUT2D eigenvalue weighted by molar-refractivity contribution is 5.92. The Morgan fingerprint density at radius 1 is 1.13 bits per heavy atom. The van der Waals surface area contributed by atoms with Crippen LogP contribution < -0.4 is 16.0 Å². The highest BCUT2D eigenvalue weighted by Gasteiger charge is 2.33. The Labute approximate surface area is 175 Å². The Balaban J connectivity index is 1.75. The number of nitrogens with two attached hydrogens (primary N) is 1. The summed E-state index contributed by atoms with van der Waals surface area (Å²) in [5.74, 6) is -2.27. The predicted molar refractivity (Wildman–Crippen MR) is 107 cm³/mol. The molecule has 0 spiro atoms. The molecule has 0 radical (unpaired) electrons.